The average molecular weight is 252 g/mol. The Kier molecular flexibility index (Phi) is 5.31. The van der Waals surface area contributed by atoms with Crippen LogP contribution in [0.15, 0.2) is 24.3 Å². The van der Waals surface area contributed by atoms with Crippen LogP contribution < -0.4 is 0 Å². The Bertz CT molecular complexity index is 399. The van der Waals surface area contributed by atoms with Crippen LogP contribution in [0.4, 0.5) is 0 Å². The second kappa shape index (κ2) is 6.52. The number of methoxy groups -OCH3 is 1. The van der Waals surface area contributed by atoms with E-state index < -0.39 is 5.97 Å². The number of ether oxygens (including phenoxy) is 1. The van der Waals surface area contributed by atoms with Gasteiger partial charge >= 0.3 is 5.97 Å². The Morgan fingerprint density at radius 2 is 2.06 bits per heavy atom. The number of hydrogen-bond donors (Lipinski definition) is 0. The van der Waals surface area contributed by atoms with Crippen molar-refractivity contribution < 1.29 is 19.3 Å². The molecule has 0 fully saturated rings. The molecule has 0 aliphatic carbocycles. The van der Waals surface area contributed by atoms with Crippen LogP contribution in [0, 0.1) is 6.92 Å². The summed E-state index contributed by atoms with van der Waals surface area (Å²) in [7, 11) is 1.64. The first-order valence-corrected chi connectivity index (χ1v) is 5.90. The molecule has 4 nitrogen and oxygen atoms in total. The van der Waals surface area contributed by atoms with Crippen LogP contribution in [0.1, 0.15) is 36.2 Å². The topological polar surface area (TPSA) is 44.8 Å². The minimum Gasteiger partial charge on any atom is -0.379 e. The highest BCUT2D eigenvalue weighted by molar-refractivity contribution is 5.89. The molecule has 0 atom stereocenters. The zero-order valence-corrected chi connectivity index (χ0v) is 11.4. The molecule has 0 bridgehead atoms. The van der Waals surface area contributed by atoms with Crippen LogP contribution in [-0.2, 0) is 14.5 Å². The van der Waals surface area contributed by atoms with Crippen LogP contribution >= 0.6 is 0 Å². The molecule has 0 saturated heterocycles. The molecular weight excluding hydrogens is 232 g/mol. The smallest absolute Gasteiger partial charge is 0.373 e. The molecule has 0 aliphatic heterocycles. The van der Waals surface area contributed by atoms with Crippen molar-refractivity contribution in [1.82, 2.24) is 0 Å². The molecular formula is C14H20O4. The van der Waals surface area contributed by atoms with E-state index in [9.17, 15) is 4.79 Å². The summed E-state index contributed by atoms with van der Waals surface area (Å²) in [6.07, 6.45) is 0.643. The fourth-order valence-electron chi connectivity index (χ4n) is 1.30. The SMILES string of the molecule is COC(C)(C)CCOOC(=O)c1cccc(C)c1. The lowest BCUT2D eigenvalue weighted by Crippen LogP contribution is -2.24. The van der Waals surface area contributed by atoms with Crippen molar-refractivity contribution in [2.24, 2.45) is 0 Å². The van der Waals surface area contributed by atoms with Crippen molar-refractivity contribution in [1.29, 1.82) is 0 Å². The highest BCUT2D eigenvalue weighted by Gasteiger charge is 2.16. The predicted molar refractivity (Wildman–Crippen MR) is 68.3 cm³/mol. The molecule has 0 spiro atoms. The Morgan fingerprint density at radius 3 is 2.67 bits per heavy atom. The molecule has 0 amide bonds. The largest absolute Gasteiger partial charge is 0.379 e. The molecule has 100 valence electrons. The number of carbonyl (C=O) groups is 1. The lowest BCUT2D eigenvalue weighted by atomic mass is 10.1. The Morgan fingerprint density at radius 1 is 1.33 bits per heavy atom. The molecule has 18 heavy (non-hydrogen) atoms. The number of aryl methyl sites for hydroxylation is 1. The monoisotopic (exact) mass is 252 g/mol. The van der Waals surface area contributed by atoms with Crippen molar-refractivity contribution in [3.8, 4) is 0 Å². The van der Waals surface area contributed by atoms with E-state index in [1.165, 1.54) is 0 Å². The highest BCUT2D eigenvalue weighted by atomic mass is 17.2. The molecule has 1 rings (SSSR count). The lowest BCUT2D eigenvalue weighted by molar-refractivity contribution is -0.247. The van der Waals surface area contributed by atoms with Gasteiger partial charge in [-0.2, -0.15) is 4.89 Å². The van der Waals surface area contributed by atoms with Gasteiger partial charge < -0.3 is 4.74 Å². The maximum absolute atomic E-state index is 11.6. The second-order valence-corrected chi connectivity index (χ2v) is 4.78. The van der Waals surface area contributed by atoms with Crippen LogP contribution in [0.2, 0.25) is 0 Å². The molecule has 4 heteroatoms. The van der Waals surface area contributed by atoms with E-state index in [1.807, 2.05) is 26.8 Å². The second-order valence-electron chi connectivity index (χ2n) is 4.78. The van der Waals surface area contributed by atoms with Crippen molar-refractivity contribution in [2.75, 3.05) is 13.7 Å². The molecule has 0 heterocycles. The van der Waals surface area contributed by atoms with Gasteiger partial charge in [-0.15, -0.1) is 0 Å². The molecule has 1 aromatic rings. The van der Waals surface area contributed by atoms with E-state index >= 15 is 0 Å². The quantitative estimate of drug-likeness (QED) is 0.443. The van der Waals surface area contributed by atoms with Gasteiger partial charge in [-0.3, -0.25) is 4.89 Å². The summed E-state index contributed by atoms with van der Waals surface area (Å²) in [6, 6.07) is 7.17. The van der Waals surface area contributed by atoms with Crippen molar-refractivity contribution in [2.45, 2.75) is 32.8 Å². The zero-order valence-electron chi connectivity index (χ0n) is 11.4. The van der Waals surface area contributed by atoms with Crippen molar-refractivity contribution in [3.63, 3.8) is 0 Å². The Balaban J connectivity index is 2.34. The normalized spacial score (nSPS) is 11.3. The number of benzene rings is 1. The van der Waals surface area contributed by atoms with Gasteiger partial charge in [0.2, 0.25) is 0 Å². The minimum absolute atomic E-state index is 0.282. The van der Waals surface area contributed by atoms with Gasteiger partial charge in [0.05, 0.1) is 17.8 Å². The minimum atomic E-state index is -0.478. The molecule has 1 aromatic carbocycles. The molecule has 0 aromatic heterocycles. The summed E-state index contributed by atoms with van der Waals surface area (Å²) >= 11 is 0. The number of rotatable bonds is 6. The highest BCUT2D eigenvalue weighted by Crippen LogP contribution is 2.13. The zero-order chi connectivity index (χ0) is 13.6. The van der Waals surface area contributed by atoms with Crippen LogP contribution in [0.25, 0.3) is 0 Å². The van der Waals surface area contributed by atoms with E-state index in [2.05, 4.69) is 0 Å². The van der Waals surface area contributed by atoms with E-state index in [4.69, 9.17) is 14.5 Å². The third kappa shape index (κ3) is 4.85. The van der Waals surface area contributed by atoms with E-state index in [0.717, 1.165) is 5.56 Å². The molecule has 0 unspecified atom stereocenters. The summed E-state index contributed by atoms with van der Waals surface area (Å²) in [5.41, 5.74) is 1.21. The van der Waals surface area contributed by atoms with Gasteiger partial charge in [0.1, 0.15) is 0 Å². The van der Waals surface area contributed by atoms with Gasteiger partial charge in [0.25, 0.3) is 0 Å². The predicted octanol–water partition coefficient (Wildman–Crippen LogP) is 2.90. The first kappa shape index (κ1) is 14.7. The molecule has 0 radical (unpaired) electrons. The first-order chi connectivity index (χ1) is 8.44. The fourth-order valence-corrected chi connectivity index (χ4v) is 1.30. The Labute approximate surface area is 108 Å². The van der Waals surface area contributed by atoms with E-state index in [0.29, 0.717) is 18.6 Å². The summed E-state index contributed by atoms with van der Waals surface area (Å²) in [6.45, 7) is 6.11. The molecule has 0 N–H and O–H groups in total. The van der Waals surface area contributed by atoms with Crippen LogP contribution in [0.3, 0.4) is 0 Å². The van der Waals surface area contributed by atoms with Gasteiger partial charge in [0.15, 0.2) is 0 Å². The van der Waals surface area contributed by atoms with E-state index in [-0.39, 0.29) is 5.60 Å². The maximum atomic E-state index is 11.6. The average Bonchev–Trinajstić information content (AvgIpc) is 2.34. The third-order valence-electron chi connectivity index (χ3n) is 2.73. The maximum Gasteiger partial charge on any atom is 0.373 e. The van der Waals surface area contributed by atoms with Gasteiger partial charge in [0, 0.05) is 13.5 Å². The summed E-state index contributed by atoms with van der Waals surface area (Å²) in [4.78, 5) is 21.2. The first-order valence-electron chi connectivity index (χ1n) is 5.90. The van der Waals surface area contributed by atoms with Gasteiger partial charge in [-0.05, 0) is 32.9 Å². The molecule has 0 saturated carbocycles. The third-order valence-corrected chi connectivity index (χ3v) is 2.73. The summed E-state index contributed by atoms with van der Waals surface area (Å²) < 4.78 is 5.22. The lowest BCUT2D eigenvalue weighted by Gasteiger charge is -2.21. The number of hydrogen-bond acceptors (Lipinski definition) is 4. The van der Waals surface area contributed by atoms with Gasteiger partial charge in [-0.1, -0.05) is 17.7 Å². The standard InChI is InChI=1S/C14H20O4/c1-11-6-5-7-12(10-11)13(15)18-17-9-8-14(2,3)16-4/h5-7,10H,8-9H2,1-4H3. The summed E-state index contributed by atoms with van der Waals surface area (Å²) in [5, 5.41) is 0. The summed E-state index contributed by atoms with van der Waals surface area (Å²) in [5.74, 6) is -0.478. The van der Waals surface area contributed by atoms with Crippen molar-refractivity contribution >= 4 is 5.97 Å². The van der Waals surface area contributed by atoms with Crippen LogP contribution in [-0.4, -0.2) is 25.3 Å². The molecule has 0 aliphatic rings. The Hall–Kier alpha value is -1.39. The van der Waals surface area contributed by atoms with Crippen molar-refractivity contribution in [3.05, 3.63) is 35.4 Å². The van der Waals surface area contributed by atoms with Crippen LogP contribution in [0.5, 0.6) is 0 Å². The number of carbonyl (C=O) groups excluding carboxylic acids is 1. The fraction of sp³-hybridized carbons (Fsp3) is 0.500. The van der Waals surface area contributed by atoms with Gasteiger partial charge in [-0.25, -0.2) is 4.79 Å². The van der Waals surface area contributed by atoms with E-state index in [1.54, 1.807) is 25.3 Å².